The van der Waals surface area contributed by atoms with E-state index in [1.165, 1.54) is 0 Å². The summed E-state index contributed by atoms with van der Waals surface area (Å²) in [4.78, 5) is 11.9. The highest BCUT2D eigenvalue weighted by Gasteiger charge is 2.33. The Morgan fingerprint density at radius 2 is 2.00 bits per heavy atom. The highest BCUT2D eigenvalue weighted by molar-refractivity contribution is 6.06. The second-order valence-corrected chi connectivity index (χ2v) is 3.81. The molecular weight excluding hydrogens is 237 g/mol. The monoisotopic (exact) mass is 250 g/mol. The van der Waals surface area contributed by atoms with Crippen LogP contribution < -0.4 is 11.5 Å². The minimum absolute atomic E-state index is 0.0692. The number of nitrogens with one attached hydrogen (secondary N) is 1. The molecule has 1 aliphatic rings. The lowest BCUT2D eigenvalue weighted by Crippen LogP contribution is -2.43. The van der Waals surface area contributed by atoms with Crippen LogP contribution in [0.5, 0.6) is 0 Å². The summed E-state index contributed by atoms with van der Waals surface area (Å²) in [6.07, 6.45) is -4.19. The fourth-order valence-electron chi connectivity index (χ4n) is 1.60. The Bertz CT molecular complexity index is 375. The maximum atomic E-state index is 12.2. The molecule has 96 valence electrons. The minimum Gasteiger partial charge on any atom is -0.394 e. The Hall–Kier alpha value is -1.57. The Morgan fingerprint density at radius 3 is 2.47 bits per heavy atom. The third-order valence-electron chi connectivity index (χ3n) is 2.42. The van der Waals surface area contributed by atoms with Gasteiger partial charge < -0.3 is 16.9 Å². The molecule has 1 heterocycles. The molecule has 1 saturated heterocycles. The first kappa shape index (κ1) is 13.5. The van der Waals surface area contributed by atoms with Crippen LogP contribution in [0.3, 0.4) is 0 Å². The van der Waals surface area contributed by atoms with Gasteiger partial charge in [0.15, 0.2) is 0 Å². The van der Waals surface area contributed by atoms with Gasteiger partial charge in [-0.15, -0.1) is 0 Å². The number of hydrogen-bond donors (Lipinski definition) is 3. The van der Waals surface area contributed by atoms with E-state index in [-0.39, 0.29) is 36.5 Å². The Kier molecular flexibility index (Phi) is 3.76. The van der Waals surface area contributed by atoms with Crippen molar-refractivity contribution in [2.45, 2.75) is 12.6 Å². The van der Waals surface area contributed by atoms with Gasteiger partial charge in [0.05, 0.1) is 6.54 Å². The van der Waals surface area contributed by atoms with Crippen molar-refractivity contribution in [3.63, 3.8) is 0 Å². The number of piperidine rings is 1. The van der Waals surface area contributed by atoms with Crippen LogP contribution in [-0.4, -0.2) is 42.3 Å². The highest BCUT2D eigenvalue weighted by atomic mass is 19.4. The zero-order valence-corrected chi connectivity index (χ0v) is 8.97. The number of amides is 1. The van der Waals surface area contributed by atoms with Gasteiger partial charge in [-0.2, -0.15) is 13.2 Å². The van der Waals surface area contributed by atoms with Crippen molar-refractivity contribution < 1.29 is 18.0 Å². The molecule has 1 fully saturated rings. The van der Waals surface area contributed by atoms with Gasteiger partial charge in [-0.1, -0.05) is 0 Å². The van der Waals surface area contributed by atoms with Crippen molar-refractivity contribution in [2.75, 3.05) is 19.6 Å². The van der Waals surface area contributed by atoms with E-state index in [1.807, 2.05) is 0 Å². The first-order valence-corrected chi connectivity index (χ1v) is 4.86. The van der Waals surface area contributed by atoms with Crippen molar-refractivity contribution >= 4 is 11.6 Å². The van der Waals surface area contributed by atoms with Gasteiger partial charge in [0, 0.05) is 30.8 Å². The second-order valence-electron chi connectivity index (χ2n) is 3.81. The lowest BCUT2D eigenvalue weighted by Gasteiger charge is -2.30. The molecule has 0 aromatic carbocycles. The summed E-state index contributed by atoms with van der Waals surface area (Å²) >= 11 is 0. The van der Waals surface area contributed by atoms with E-state index in [0.29, 0.717) is 0 Å². The van der Waals surface area contributed by atoms with Gasteiger partial charge in [-0.25, -0.2) is 0 Å². The molecule has 0 unspecified atom stereocenters. The summed E-state index contributed by atoms with van der Waals surface area (Å²) < 4.78 is 36.6. The SMILES string of the molecule is N=C1CCN(CC(F)(F)F)CC1=C(N)C(N)=O. The summed E-state index contributed by atoms with van der Waals surface area (Å²) in [6, 6.07) is 0. The molecule has 0 aromatic heterocycles. The Balaban J connectivity index is 2.83. The number of nitrogens with two attached hydrogens (primary N) is 2. The van der Waals surface area contributed by atoms with E-state index in [1.54, 1.807) is 0 Å². The van der Waals surface area contributed by atoms with E-state index in [2.05, 4.69) is 0 Å². The van der Waals surface area contributed by atoms with Crippen LogP contribution in [-0.2, 0) is 4.79 Å². The van der Waals surface area contributed by atoms with Gasteiger partial charge >= 0.3 is 6.18 Å². The molecule has 0 aliphatic carbocycles. The minimum atomic E-state index is -4.31. The lowest BCUT2D eigenvalue weighted by atomic mass is 10.00. The number of carbonyl (C=O) groups excluding carboxylic acids is 1. The molecule has 0 aromatic rings. The molecule has 0 atom stereocenters. The van der Waals surface area contributed by atoms with Crippen LogP contribution in [0.4, 0.5) is 13.2 Å². The summed E-state index contributed by atoms with van der Waals surface area (Å²) in [5, 5.41) is 7.54. The molecule has 0 bridgehead atoms. The summed E-state index contributed by atoms with van der Waals surface area (Å²) in [6.45, 7) is -1.14. The van der Waals surface area contributed by atoms with Crippen molar-refractivity contribution in [2.24, 2.45) is 11.5 Å². The van der Waals surface area contributed by atoms with Crippen molar-refractivity contribution in [1.29, 1.82) is 5.41 Å². The van der Waals surface area contributed by atoms with E-state index in [4.69, 9.17) is 16.9 Å². The normalized spacial score (nSPS) is 21.5. The van der Waals surface area contributed by atoms with Crippen LogP contribution >= 0.6 is 0 Å². The summed E-state index contributed by atoms with van der Waals surface area (Å²) in [7, 11) is 0. The molecule has 5 nitrogen and oxygen atoms in total. The van der Waals surface area contributed by atoms with Gasteiger partial charge in [0.2, 0.25) is 0 Å². The Morgan fingerprint density at radius 1 is 1.41 bits per heavy atom. The van der Waals surface area contributed by atoms with Crippen LogP contribution in [0, 0.1) is 5.41 Å². The quantitative estimate of drug-likeness (QED) is 0.600. The highest BCUT2D eigenvalue weighted by Crippen LogP contribution is 2.21. The maximum absolute atomic E-state index is 12.2. The average Bonchev–Trinajstić information content (AvgIpc) is 2.17. The number of hydrogen-bond acceptors (Lipinski definition) is 4. The van der Waals surface area contributed by atoms with Crippen LogP contribution in [0.1, 0.15) is 6.42 Å². The first-order valence-electron chi connectivity index (χ1n) is 4.86. The van der Waals surface area contributed by atoms with Crippen molar-refractivity contribution in [3.8, 4) is 0 Å². The van der Waals surface area contributed by atoms with E-state index in [0.717, 1.165) is 4.90 Å². The molecule has 0 radical (unpaired) electrons. The number of nitrogens with zero attached hydrogens (tertiary/aromatic N) is 1. The zero-order valence-electron chi connectivity index (χ0n) is 8.97. The van der Waals surface area contributed by atoms with E-state index in [9.17, 15) is 18.0 Å². The van der Waals surface area contributed by atoms with Crippen LogP contribution in [0.15, 0.2) is 11.3 Å². The van der Waals surface area contributed by atoms with Gasteiger partial charge in [0.25, 0.3) is 5.91 Å². The third kappa shape index (κ3) is 3.74. The van der Waals surface area contributed by atoms with E-state index < -0.39 is 18.6 Å². The molecule has 1 rings (SSSR count). The lowest BCUT2D eigenvalue weighted by molar-refractivity contribution is -0.145. The fraction of sp³-hybridized carbons (Fsp3) is 0.556. The van der Waals surface area contributed by atoms with Crippen LogP contribution in [0.25, 0.3) is 0 Å². The second kappa shape index (κ2) is 4.74. The first-order chi connectivity index (χ1) is 7.70. The standard InChI is InChI=1S/C9H13F3N4O/c10-9(11,12)4-16-2-1-6(13)5(3-16)7(14)8(15)17/h13H,1-4,14H2,(H2,15,17). The number of likely N-dealkylation sites (tertiary alicyclic amines) is 1. The number of primary amides is 1. The molecule has 1 aliphatic heterocycles. The zero-order chi connectivity index (χ0) is 13.2. The Labute approximate surface area is 95.7 Å². The number of halogens is 3. The smallest absolute Gasteiger partial charge is 0.394 e. The maximum Gasteiger partial charge on any atom is 0.401 e. The predicted molar refractivity (Wildman–Crippen MR) is 55.2 cm³/mol. The average molecular weight is 250 g/mol. The molecule has 0 saturated carbocycles. The summed E-state index contributed by atoms with van der Waals surface area (Å²) in [5.74, 6) is -0.918. The molecule has 0 spiro atoms. The summed E-state index contributed by atoms with van der Waals surface area (Å²) in [5.41, 5.74) is 10.1. The molecular formula is C9H13F3N4O. The van der Waals surface area contributed by atoms with Gasteiger partial charge in [-0.3, -0.25) is 9.69 Å². The number of carbonyl (C=O) groups is 1. The fourth-order valence-corrected chi connectivity index (χ4v) is 1.60. The molecule has 8 heteroatoms. The van der Waals surface area contributed by atoms with E-state index >= 15 is 0 Å². The molecule has 17 heavy (non-hydrogen) atoms. The largest absolute Gasteiger partial charge is 0.401 e. The topological polar surface area (TPSA) is 96.2 Å². The number of rotatable bonds is 2. The number of alkyl halides is 3. The van der Waals surface area contributed by atoms with Gasteiger partial charge in [0.1, 0.15) is 5.70 Å². The third-order valence-corrected chi connectivity index (χ3v) is 2.42. The van der Waals surface area contributed by atoms with Crippen molar-refractivity contribution in [3.05, 3.63) is 11.3 Å². The predicted octanol–water partition coefficient (Wildman–Crippen LogP) is -0.0277. The molecule has 5 N–H and O–H groups in total. The van der Waals surface area contributed by atoms with Crippen molar-refractivity contribution in [1.82, 2.24) is 4.90 Å². The molecule has 1 amide bonds. The van der Waals surface area contributed by atoms with Gasteiger partial charge in [-0.05, 0) is 0 Å². The van der Waals surface area contributed by atoms with Crippen LogP contribution in [0.2, 0.25) is 0 Å².